The molecule has 1 aromatic carbocycles. The fourth-order valence-electron chi connectivity index (χ4n) is 0.641. The first-order valence-electron chi connectivity index (χ1n) is 2.83. The van der Waals surface area contributed by atoms with Crippen LogP contribution in [-0.4, -0.2) is 5.11 Å². The molecule has 53 valence electrons. The van der Waals surface area contributed by atoms with Crippen molar-refractivity contribution in [2.45, 2.75) is 6.54 Å². The van der Waals surface area contributed by atoms with E-state index in [-0.39, 0.29) is 5.75 Å². The molecule has 2 nitrogen and oxygen atoms in total. The first kappa shape index (κ1) is 7.38. The highest BCUT2D eigenvalue weighted by Crippen LogP contribution is 2.19. The Balaban J connectivity index is 3.07. The minimum atomic E-state index is 0.0437. The van der Waals surface area contributed by atoms with Crippen LogP contribution in [-0.2, 0) is 6.54 Å². The fraction of sp³-hybridized carbons (Fsp3) is 0.143. The van der Waals surface area contributed by atoms with Gasteiger partial charge in [-0.25, -0.2) is 0 Å². The second-order valence-corrected chi connectivity index (χ2v) is 2.30. The topological polar surface area (TPSA) is 46.2 Å². The monoisotopic (exact) mass is 156 g/mol. The molecule has 0 saturated carbocycles. The predicted octanol–water partition coefficient (Wildman–Crippen LogP) is 1.30. The second kappa shape index (κ2) is 2.90. The largest absolute Gasteiger partial charge is 0.507 e. The molecular formula is C7H7ClNO. The van der Waals surface area contributed by atoms with Gasteiger partial charge in [0.2, 0.25) is 0 Å². The first-order chi connectivity index (χ1) is 4.74. The van der Waals surface area contributed by atoms with Crippen LogP contribution in [0.4, 0.5) is 0 Å². The second-order valence-electron chi connectivity index (χ2n) is 1.90. The molecule has 1 radical (unpaired) electrons. The Kier molecular flexibility index (Phi) is 2.14. The normalized spacial score (nSPS) is 9.80. The van der Waals surface area contributed by atoms with E-state index in [0.717, 1.165) is 5.56 Å². The summed E-state index contributed by atoms with van der Waals surface area (Å²) in [6, 6.07) is 5.58. The van der Waals surface area contributed by atoms with Crippen molar-refractivity contribution in [1.82, 2.24) is 0 Å². The third-order valence-electron chi connectivity index (χ3n) is 1.18. The molecule has 1 aromatic rings. The fourth-order valence-corrected chi connectivity index (χ4v) is 0.876. The molecule has 0 atom stereocenters. The zero-order valence-electron chi connectivity index (χ0n) is 5.26. The summed E-state index contributed by atoms with van der Waals surface area (Å²) in [7, 11) is 0. The van der Waals surface area contributed by atoms with Crippen molar-refractivity contribution in [2.75, 3.05) is 0 Å². The Bertz CT molecular complexity index is 237. The van der Waals surface area contributed by atoms with Crippen molar-refractivity contribution in [3.8, 4) is 5.75 Å². The first-order valence-corrected chi connectivity index (χ1v) is 3.21. The van der Waals surface area contributed by atoms with Gasteiger partial charge in [-0.05, 0) is 17.7 Å². The van der Waals surface area contributed by atoms with Crippen LogP contribution >= 0.6 is 11.6 Å². The molecule has 0 spiro atoms. The summed E-state index contributed by atoms with van der Waals surface area (Å²) < 4.78 is 0. The number of benzene rings is 1. The summed E-state index contributed by atoms with van der Waals surface area (Å²) in [5, 5.41) is 9.34. The van der Waals surface area contributed by atoms with Gasteiger partial charge in [0, 0.05) is 17.6 Å². The van der Waals surface area contributed by atoms with Gasteiger partial charge < -0.3 is 10.8 Å². The molecule has 0 aromatic heterocycles. The third kappa shape index (κ3) is 1.40. The van der Waals surface area contributed by atoms with Gasteiger partial charge in [-0.3, -0.25) is 0 Å². The van der Waals surface area contributed by atoms with E-state index in [4.69, 9.17) is 22.4 Å². The van der Waals surface area contributed by atoms with E-state index in [1.165, 1.54) is 6.07 Å². The van der Waals surface area contributed by atoms with E-state index in [1.807, 2.05) is 0 Å². The quantitative estimate of drug-likeness (QED) is 0.644. The Hall–Kier alpha value is -0.730. The number of hydrogen-bond donors (Lipinski definition) is 2. The molecule has 0 heterocycles. The zero-order chi connectivity index (χ0) is 7.56. The third-order valence-corrected chi connectivity index (χ3v) is 1.54. The Morgan fingerprint density at radius 1 is 1.70 bits per heavy atom. The number of halogens is 1. The Morgan fingerprint density at radius 2 is 2.40 bits per heavy atom. The molecule has 0 bridgehead atoms. The van der Waals surface area contributed by atoms with E-state index >= 15 is 0 Å². The number of rotatable bonds is 1. The van der Waals surface area contributed by atoms with E-state index in [9.17, 15) is 0 Å². The molecule has 0 amide bonds. The molecular weight excluding hydrogens is 150 g/mol. The molecule has 0 saturated heterocycles. The molecule has 0 unspecified atom stereocenters. The van der Waals surface area contributed by atoms with E-state index in [0.29, 0.717) is 11.6 Å². The predicted molar refractivity (Wildman–Crippen MR) is 39.8 cm³/mol. The number of hydrogen-bond acceptors (Lipinski definition) is 2. The number of aromatic hydroxyl groups is 1. The van der Waals surface area contributed by atoms with Crippen LogP contribution in [0.25, 0.3) is 0 Å². The van der Waals surface area contributed by atoms with Gasteiger partial charge in [0.15, 0.2) is 0 Å². The van der Waals surface area contributed by atoms with E-state index in [2.05, 4.69) is 6.07 Å². The van der Waals surface area contributed by atoms with Crippen molar-refractivity contribution in [1.29, 1.82) is 0 Å². The maximum absolute atomic E-state index is 8.85. The molecule has 10 heavy (non-hydrogen) atoms. The lowest BCUT2D eigenvalue weighted by atomic mass is 10.2. The molecule has 1 rings (SSSR count). The summed E-state index contributed by atoms with van der Waals surface area (Å²) in [4.78, 5) is 0. The van der Waals surface area contributed by atoms with E-state index < -0.39 is 0 Å². The van der Waals surface area contributed by atoms with Crippen LogP contribution in [0.1, 0.15) is 5.56 Å². The van der Waals surface area contributed by atoms with Crippen molar-refractivity contribution >= 4 is 11.6 Å². The highest BCUT2D eigenvalue weighted by Gasteiger charge is 1.97. The van der Waals surface area contributed by atoms with Gasteiger partial charge in [-0.15, -0.1) is 0 Å². The summed E-state index contributed by atoms with van der Waals surface area (Å²) in [5.74, 6) is 0.0437. The Morgan fingerprint density at radius 3 is 2.90 bits per heavy atom. The van der Waals surface area contributed by atoms with E-state index in [1.54, 1.807) is 6.07 Å². The summed E-state index contributed by atoms with van der Waals surface area (Å²) in [5.41, 5.74) is 6.11. The van der Waals surface area contributed by atoms with Gasteiger partial charge in [-0.2, -0.15) is 0 Å². The van der Waals surface area contributed by atoms with Crippen LogP contribution in [0.5, 0.6) is 5.75 Å². The summed E-state index contributed by atoms with van der Waals surface area (Å²) in [6.07, 6.45) is 0. The van der Waals surface area contributed by atoms with Crippen LogP contribution in [0, 0.1) is 6.07 Å². The van der Waals surface area contributed by atoms with Gasteiger partial charge in [0.25, 0.3) is 0 Å². The van der Waals surface area contributed by atoms with Gasteiger partial charge in [0.05, 0.1) is 0 Å². The average molecular weight is 157 g/mol. The van der Waals surface area contributed by atoms with Gasteiger partial charge >= 0.3 is 0 Å². The lowest BCUT2D eigenvalue weighted by molar-refractivity contribution is 0.474. The summed E-state index contributed by atoms with van der Waals surface area (Å²) >= 11 is 5.67. The van der Waals surface area contributed by atoms with Crippen molar-refractivity contribution in [3.05, 3.63) is 28.8 Å². The lowest BCUT2D eigenvalue weighted by Gasteiger charge is -1.98. The number of phenols is 1. The molecule has 3 heteroatoms. The van der Waals surface area contributed by atoms with Crippen LogP contribution in [0.3, 0.4) is 0 Å². The average Bonchev–Trinajstić information content (AvgIpc) is 1.88. The zero-order valence-corrected chi connectivity index (χ0v) is 6.02. The van der Waals surface area contributed by atoms with Gasteiger partial charge in [0.1, 0.15) is 5.75 Å². The maximum atomic E-state index is 8.85. The highest BCUT2D eigenvalue weighted by atomic mass is 35.5. The maximum Gasteiger partial charge on any atom is 0.125 e. The molecule has 0 fully saturated rings. The lowest BCUT2D eigenvalue weighted by Crippen LogP contribution is -1.96. The van der Waals surface area contributed by atoms with Crippen LogP contribution in [0.2, 0.25) is 5.02 Å². The van der Waals surface area contributed by atoms with Crippen molar-refractivity contribution < 1.29 is 5.11 Å². The smallest absolute Gasteiger partial charge is 0.125 e. The summed E-state index contributed by atoms with van der Waals surface area (Å²) in [6.45, 7) is 0.371. The molecule has 0 aliphatic heterocycles. The number of nitrogens with two attached hydrogens (primary N) is 1. The molecule has 3 N–H and O–H groups in total. The van der Waals surface area contributed by atoms with Crippen molar-refractivity contribution in [2.24, 2.45) is 5.73 Å². The number of phenolic OH excluding ortho intramolecular Hbond substituents is 1. The van der Waals surface area contributed by atoms with Crippen molar-refractivity contribution in [3.63, 3.8) is 0 Å². The molecule has 0 aliphatic carbocycles. The van der Waals surface area contributed by atoms with Crippen LogP contribution < -0.4 is 5.73 Å². The van der Waals surface area contributed by atoms with Crippen LogP contribution in [0.15, 0.2) is 12.1 Å². The highest BCUT2D eigenvalue weighted by molar-refractivity contribution is 6.31. The minimum absolute atomic E-state index is 0.0437. The SMILES string of the molecule is NCc1c[c]c(O)cc1Cl. The Labute approximate surface area is 64.2 Å². The minimum Gasteiger partial charge on any atom is -0.507 e. The van der Waals surface area contributed by atoms with Gasteiger partial charge in [-0.1, -0.05) is 11.6 Å². The molecule has 0 aliphatic rings. The standard InChI is InChI=1S/C7H7ClNO/c8-7-3-6(10)2-1-5(7)4-9/h1,3,10H,4,9H2.